The zero-order chi connectivity index (χ0) is 20.0. The number of methoxy groups -OCH3 is 1. The Morgan fingerprint density at radius 1 is 1.11 bits per heavy atom. The second kappa shape index (κ2) is 9.92. The van der Waals surface area contributed by atoms with Gasteiger partial charge in [0.05, 0.1) is 7.11 Å². The third-order valence-corrected chi connectivity index (χ3v) is 5.12. The number of nitrogens with zero attached hydrogens (tertiary/aromatic N) is 4. The zero-order valence-electron chi connectivity index (χ0n) is 15.8. The highest BCUT2D eigenvalue weighted by Gasteiger charge is 2.28. The predicted octanol–water partition coefficient (Wildman–Crippen LogP) is 4.20. The summed E-state index contributed by atoms with van der Waals surface area (Å²) in [6.07, 6.45) is 4.03. The molecule has 1 aliphatic heterocycles. The van der Waals surface area contributed by atoms with Crippen LogP contribution < -0.4 is 10.1 Å². The summed E-state index contributed by atoms with van der Waals surface area (Å²) < 4.78 is 3.69. The number of halogens is 3. The second-order valence-electron chi connectivity index (χ2n) is 6.71. The van der Waals surface area contributed by atoms with Crippen LogP contribution in [0.2, 0.25) is 0 Å². The Labute approximate surface area is 180 Å². The number of rotatable bonds is 8. The van der Waals surface area contributed by atoms with Gasteiger partial charge in [-0.3, -0.25) is 0 Å². The molecule has 1 aliphatic rings. The van der Waals surface area contributed by atoms with Crippen molar-refractivity contribution >= 4 is 40.8 Å². The fraction of sp³-hybridized carbons (Fsp3) is 0.526. The van der Waals surface area contributed by atoms with Gasteiger partial charge in [-0.05, 0) is 45.0 Å². The first kappa shape index (κ1) is 21.4. The molecule has 0 bridgehead atoms. The predicted molar refractivity (Wildman–Crippen MR) is 114 cm³/mol. The average Bonchev–Trinajstić information content (AvgIpc) is 3.18. The molecule has 1 fully saturated rings. The minimum absolute atomic E-state index is 0.111. The standard InChI is InChI=1S/C19H24Cl3N5O/c1-28-15-8-3-2-7-14(15)13-16-24-17(19(20,21)22)26-18(25-16)23-9-6-12-27-10-4-5-11-27/h2-3,7-8H,4-6,9-13H2,1H3,(H,23,24,25,26). The van der Waals surface area contributed by atoms with Gasteiger partial charge in [-0.15, -0.1) is 0 Å². The van der Waals surface area contributed by atoms with Crippen molar-refractivity contribution in [1.82, 2.24) is 19.9 Å². The van der Waals surface area contributed by atoms with Crippen molar-refractivity contribution in [2.45, 2.75) is 29.5 Å². The maximum atomic E-state index is 6.03. The summed E-state index contributed by atoms with van der Waals surface area (Å²) in [7, 11) is 1.63. The third-order valence-electron chi connectivity index (χ3n) is 4.61. The van der Waals surface area contributed by atoms with Crippen LogP contribution in [0.1, 0.15) is 36.5 Å². The van der Waals surface area contributed by atoms with E-state index in [-0.39, 0.29) is 5.82 Å². The van der Waals surface area contributed by atoms with E-state index in [2.05, 4.69) is 25.2 Å². The van der Waals surface area contributed by atoms with Crippen LogP contribution in [0.25, 0.3) is 0 Å². The van der Waals surface area contributed by atoms with Gasteiger partial charge in [0.2, 0.25) is 9.74 Å². The number of alkyl halides is 3. The monoisotopic (exact) mass is 443 g/mol. The lowest BCUT2D eigenvalue weighted by molar-refractivity contribution is 0.337. The van der Waals surface area contributed by atoms with E-state index >= 15 is 0 Å². The molecule has 28 heavy (non-hydrogen) atoms. The molecule has 0 aliphatic carbocycles. The van der Waals surface area contributed by atoms with E-state index in [1.807, 2.05) is 24.3 Å². The SMILES string of the molecule is COc1ccccc1Cc1nc(NCCCN2CCCC2)nc(C(Cl)(Cl)Cl)n1. The largest absolute Gasteiger partial charge is 0.496 e. The summed E-state index contributed by atoms with van der Waals surface area (Å²) in [5, 5.41) is 3.24. The van der Waals surface area contributed by atoms with Crippen LogP contribution in [0.15, 0.2) is 24.3 Å². The van der Waals surface area contributed by atoms with E-state index in [1.54, 1.807) is 7.11 Å². The molecule has 0 atom stereocenters. The first-order chi connectivity index (χ1) is 13.5. The quantitative estimate of drug-likeness (QED) is 0.486. The zero-order valence-corrected chi connectivity index (χ0v) is 18.1. The van der Waals surface area contributed by atoms with Crippen LogP contribution in [-0.2, 0) is 10.2 Å². The van der Waals surface area contributed by atoms with Gasteiger partial charge in [0.1, 0.15) is 11.6 Å². The topological polar surface area (TPSA) is 63.2 Å². The average molecular weight is 445 g/mol. The number of ether oxygens (including phenoxy) is 1. The van der Waals surface area contributed by atoms with Crippen molar-refractivity contribution in [2.75, 3.05) is 38.6 Å². The molecule has 1 aromatic carbocycles. The molecule has 0 saturated carbocycles. The third kappa shape index (κ3) is 6.08. The molecule has 152 valence electrons. The van der Waals surface area contributed by atoms with Crippen LogP contribution in [0.5, 0.6) is 5.75 Å². The van der Waals surface area contributed by atoms with Crippen LogP contribution >= 0.6 is 34.8 Å². The normalized spacial score (nSPS) is 15.0. The molecule has 1 N–H and O–H groups in total. The number of benzene rings is 1. The van der Waals surface area contributed by atoms with Crippen LogP contribution in [0, 0.1) is 0 Å². The Bertz CT molecular complexity index is 778. The van der Waals surface area contributed by atoms with Gasteiger partial charge in [-0.1, -0.05) is 53.0 Å². The highest BCUT2D eigenvalue weighted by Crippen LogP contribution is 2.36. The summed E-state index contributed by atoms with van der Waals surface area (Å²) in [5.74, 6) is 1.81. The molecule has 0 radical (unpaired) electrons. The van der Waals surface area contributed by atoms with Gasteiger partial charge in [0, 0.05) is 18.5 Å². The second-order valence-corrected chi connectivity index (χ2v) is 9.00. The van der Waals surface area contributed by atoms with Gasteiger partial charge >= 0.3 is 0 Å². The number of aromatic nitrogens is 3. The van der Waals surface area contributed by atoms with Gasteiger partial charge in [0.15, 0.2) is 5.82 Å². The van der Waals surface area contributed by atoms with Crippen LogP contribution in [0.3, 0.4) is 0 Å². The van der Waals surface area contributed by atoms with Crippen molar-refractivity contribution in [2.24, 2.45) is 0 Å². The summed E-state index contributed by atoms with van der Waals surface area (Å²) in [6.45, 7) is 4.18. The minimum atomic E-state index is -1.72. The fourth-order valence-corrected chi connectivity index (χ4v) is 3.49. The maximum Gasteiger partial charge on any atom is 0.250 e. The number of likely N-dealkylation sites (tertiary alicyclic amines) is 1. The van der Waals surface area contributed by atoms with E-state index in [0.29, 0.717) is 18.2 Å². The molecular formula is C19H24Cl3N5O. The molecule has 3 rings (SSSR count). The molecule has 2 heterocycles. The first-order valence-electron chi connectivity index (χ1n) is 9.36. The smallest absolute Gasteiger partial charge is 0.250 e. The van der Waals surface area contributed by atoms with Crippen molar-refractivity contribution in [3.05, 3.63) is 41.5 Å². The molecule has 0 unspecified atom stereocenters. The van der Waals surface area contributed by atoms with E-state index in [1.165, 1.54) is 25.9 Å². The van der Waals surface area contributed by atoms with E-state index < -0.39 is 3.79 Å². The Balaban J connectivity index is 1.71. The lowest BCUT2D eigenvalue weighted by Crippen LogP contribution is -2.23. The van der Waals surface area contributed by atoms with E-state index in [0.717, 1.165) is 30.8 Å². The van der Waals surface area contributed by atoms with Crippen molar-refractivity contribution < 1.29 is 4.74 Å². The van der Waals surface area contributed by atoms with E-state index in [4.69, 9.17) is 39.5 Å². The molecule has 1 saturated heterocycles. The Morgan fingerprint density at radius 3 is 2.57 bits per heavy atom. The molecule has 0 spiro atoms. The van der Waals surface area contributed by atoms with Gasteiger partial charge in [0.25, 0.3) is 0 Å². The number of hydrogen-bond acceptors (Lipinski definition) is 6. The summed E-state index contributed by atoms with van der Waals surface area (Å²) in [6, 6.07) is 7.70. The molecule has 6 nitrogen and oxygen atoms in total. The van der Waals surface area contributed by atoms with Gasteiger partial charge in [-0.25, -0.2) is 4.98 Å². The van der Waals surface area contributed by atoms with Crippen LogP contribution in [-0.4, -0.2) is 53.1 Å². The summed E-state index contributed by atoms with van der Waals surface area (Å²) in [4.78, 5) is 15.6. The van der Waals surface area contributed by atoms with E-state index in [9.17, 15) is 0 Å². The fourth-order valence-electron chi connectivity index (χ4n) is 3.23. The van der Waals surface area contributed by atoms with Crippen molar-refractivity contribution in [3.63, 3.8) is 0 Å². The molecular weight excluding hydrogens is 421 g/mol. The van der Waals surface area contributed by atoms with Crippen LogP contribution in [0.4, 0.5) is 5.95 Å². The molecule has 9 heteroatoms. The lowest BCUT2D eigenvalue weighted by atomic mass is 10.1. The Kier molecular flexibility index (Phi) is 7.57. The first-order valence-corrected chi connectivity index (χ1v) is 10.5. The van der Waals surface area contributed by atoms with Gasteiger partial charge in [-0.2, -0.15) is 9.97 Å². The Morgan fingerprint density at radius 2 is 1.86 bits per heavy atom. The summed E-state index contributed by atoms with van der Waals surface area (Å²) in [5.41, 5.74) is 0.950. The summed E-state index contributed by atoms with van der Waals surface area (Å²) >= 11 is 18.1. The lowest BCUT2D eigenvalue weighted by Gasteiger charge is -2.16. The Hall–Kier alpha value is -1.34. The van der Waals surface area contributed by atoms with Gasteiger partial charge < -0.3 is 15.0 Å². The number of para-hydroxylation sites is 1. The maximum absolute atomic E-state index is 6.03. The molecule has 1 aromatic heterocycles. The molecule has 0 amide bonds. The van der Waals surface area contributed by atoms with Crippen molar-refractivity contribution in [1.29, 1.82) is 0 Å². The highest BCUT2D eigenvalue weighted by atomic mass is 35.6. The highest BCUT2D eigenvalue weighted by molar-refractivity contribution is 6.66. The molecule has 2 aromatic rings. The number of anilines is 1. The number of hydrogen-bond donors (Lipinski definition) is 1. The van der Waals surface area contributed by atoms with Crippen molar-refractivity contribution in [3.8, 4) is 5.75 Å². The minimum Gasteiger partial charge on any atom is -0.496 e. The number of nitrogens with one attached hydrogen (secondary N) is 1.